The summed E-state index contributed by atoms with van der Waals surface area (Å²) < 4.78 is 0. The van der Waals surface area contributed by atoms with Gasteiger partial charge < -0.3 is 15.3 Å². The number of carbonyl (C=O) groups excluding carboxylic acids is 1. The van der Waals surface area contributed by atoms with Crippen LogP contribution in [-0.2, 0) is 0 Å². The van der Waals surface area contributed by atoms with E-state index in [4.69, 9.17) is 0 Å². The van der Waals surface area contributed by atoms with Gasteiger partial charge in [-0.15, -0.1) is 0 Å². The zero-order valence-corrected chi connectivity index (χ0v) is 13.7. The highest BCUT2D eigenvalue weighted by atomic mass is 16.3. The largest absolute Gasteiger partial charge is 0.396 e. The highest BCUT2D eigenvalue weighted by molar-refractivity contribution is 5.95. The molecule has 1 heterocycles. The number of hydrogen-bond acceptors (Lipinski definition) is 3. The molecule has 2 N–H and O–H groups in total. The van der Waals surface area contributed by atoms with Crippen molar-refractivity contribution in [2.45, 2.75) is 33.1 Å². The fourth-order valence-electron chi connectivity index (χ4n) is 2.77. The molecule has 1 aliphatic rings. The molecule has 122 valence electrons. The number of aliphatic hydroxyl groups excluding tert-OH is 1. The van der Waals surface area contributed by atoms with Gasteiger partial charge in [-0.05, 0) is 49.3 Å². The number of rotatable bonds is 6. The van der Waals surface area contributed by atoms with Gasteiger partial charge in [-0.1, -0.05) is 19.9 Å². The standard InChI is InChI=1S/C18H28N2O2/c1-14(2)6-9-19-17-5-3-4-16(12-17)18(22)20-10-7-15(13-21)8-11-20/h3-5,12,14-15,19,21H,6-11,13H2,1-2H3. The van der Waals surface area contributed by atoms with Gasteiger partial charge >= 0.3 is 0 Å². The third-order valence-corrected chi connectivity index (χ3v) is 4.32. The Bertz CT molecular complexity index is 480. The number of likely N-dealkylation sites (tertiary alicyclic amines) is 1. The fourth-order valence-corrected chi connectivity index (χ4v) is 2.77. The van der Waals surface area contributed by atoms with E-state index >= 15 is 0 Å². The molecule has 1 saturated heterocycles. The average molecular weight is 304 g/mol. The molecule has 0 bridgehead atoms. The summed E-state index contributed by atoms with van der Waals surface area (Å²) in [4.78, 5) is 14.5. The van der Waals surface area contributed by atoms with Gasteiger partial charge in [0.05, 0.1) is 0 Å². The van der Waals surface area contributed by atoms with Crippen molar-refractivity contribution in [3.63, 3.8) is 0 Å². The van der Waals surface area contributed by atoms with E-state index in [1.165, 1.54) is 0 Å². The summed E-state index contributed by atoms with van der Waals surface area (Å²) in [6, 6.07) is 7.77. The molecule has 1 amide bonds. The SMILES string of the molecule is CC(C)CCNc1cccc(C(=O)N2CCC(CO)CC2)c1. The summed E-state index contributed by atoms with van der Waals surface area (Å²) in [5, 5.41) is 12.6. The predicted octanol–water partition coefficient (Wildman–Crippen LogP) is 2.99. The van der Waals surface area contributed by atoms with E-state index in [9.17, 15) is 9.90 Å². The lowest BCUT2D eigenvalue weighted by Gasteiger charge is -2.31. The average Bonchev–Trinajstić information content (AvgIpc) is 2.54. The van der Waals surface area contributed by atoms with Crippen molar-refractivity contribution in [3.8, 4) is 0 Å². The number of carbonyl (C=O) groups is 1. The van der Waals surface area contributed by atoms with E-state index in [1.54, 1.807) is 0 Å². The Morgan fingerprint density at radius 1 is 1.36 bits per heavy atom. The van der Waals surface area contributed by atoms with E-state index in [2.05, 4.69) is 19.2 Å². The third kappa shape index (κ3) is 4.73. The molecule has 22 heavy (non-hydrogen) atoms. The van der Waals surface area contributed by atoms with Gasteiger partial charge in [-0.25, -0.2) is 0 Å². The molecule has 0 spiro atoms. The van der Waals surface area contributed by atoms with Gasteiger partial charge in [0, 0.05) is 37.5 Å². The highest BCUT2D eigenvalue weighted by Gasteiger charge is 2.23. The van der Waals surface area contributed by atoms with E-state index < -0.39 is 0 Å². The zero-order valence-electron chi connectivity index (χ0n) is 13.7. The van der Waals surface area contributed by atoms with Crippen LogP contribution in [0.2, 0.25) is 0 Å². The zero-order chi connectivity index (χ0) is 15.9. The van der Waals surface area contributed by atoms with Crippen molar-refractivity contribution in [2.24, 2.45) is 11.8 Å². The molecule has 0 aliphatic carbocycles. The molecule has 4 nitrogen and oxygen atoms in total. The minimum Gasteiger partial charge on any atom is -0.396 e. The second kappa shape index (κ2) is 8.18. The van der Waals surface area contributed by atoms with Crippen LogP contribution in [0, 0.1) is 11.8 Å². The molecule has 0 atom stereocenters. The smallest absolute Gasteiger partial charge is 0.253 e. The van der Waals surface area contributed by atoms with E-state index in [0.29, 0.717) is 11.8 Å². The Morgan fingerprint density at radius 3 is 2.73 bits per heavy atom. The molecule has 1 aromatic rings. The lowest BCUT2D eigenvalue weighted by Crippen LogP contribution is -2.39. The van der Waals surface area contributed by atoms with Crippen LogP contribution in [-0.4, -0.2) is 42.2 Å². The van der Waals surface area contributed by atoms with Crippen LogP contribution in [0.25, 0.3) is 0 Å². The Labute approximate surface area is 133 Å². The van der Waals surface area contributed by atoms with Crippen molar-refractivity contribution in [1.82, 2.24) is 4.90 Å². The molecule has 1 fully saturated rings. The van der Waals surface area contributed by atoms with Crippen molar-refractivity contribution in [2.75, 3.05) is 31.6 Å². The Kier molecular flexibility index (Phi) is 6.25. The van der Waals surface area contributed by atoms with Crippen molar-refractivity contribution >= 4 is 11.6 Å². The fraction of sp³-hybridized carbons (Fsp3) is 0.611. The molecule has 1 aliphatic heterocycles. The van der Waals surface area contributed by atoms with E-state index in [1.807, 2.05) is 29.2 Å². The van der Waals surface area contributed by atoms with Crippen LogP contribution in [0.15, 0.2) is 24.3 Å². The maximum atomic E-state index is 12.6. The summed E-state index contributed by atoms with van der Waals surface area (Å²) in [7, 11) is 0. The number of amides is 1. The van der Waals surface area contributed by atoms with Gasteiger partial charge in [-0.3, -0.25) is 4.79 Å². The van der Waals surface area contributed by atoms with Gasteiger partial charge in [0.1, 0.15) is 0 Å². The number of nitrogens with one attached hydrogen (secondary N) is 1. The number of benzene rings is 1. The lowest BCUT2D eigenvalue weighted by atomic mass is 9.97. The molecular weight excluding hydrogens is 276 g/mol. The van der Waals surface area contributed by atoms with E-state index in [-0.39, 0.29) is 12.5 Å². The summed E-state index contributed by atoms with van der Waals surface area (Å²) in [5.74, 6) is 1.13. The molecule has 0 radical (unpaired) electrons. The molecular formula is C18H28N2O2. The molecule has 0 saturated carbocycles. The van der Waals surface area contributed by atoms with Crippen molar-refractivity contribution in [1.29, 1.82) is 0 Å². The normalized spacial score (nSPS) is 16.1. The molecule has 4 heteroatoms. The first kappa shape index (κ1) is 16.8. The number of anilines is 1. The maximum absolute atomic E-state index is 12.6. The van der Waals surface area contributed by atoms with Gasteiger partial charge in [-0.2, -0.15) is 0 Å². The van der Waals surface area contributed by atoms with Crippen LogP contribution in [0.3, 0.4) is 0 Å². The molecule has 1 aromatic carbocycles. The number of nitrogens with zero attached hydrogens (tertiary/aromatic N) is 1. The van der Waals surface area contributed by atoms with Crippen LogP contribution in [0.5, 0.6) is 0 Å². The monoisotopic (exact) mass is 304 g/mol. The summed E-state index contributed by atoms with van der Waals surface area (Å²) in [6.45, 7) is 7.06. The highest BCUT2D eigenvalue weighted by Crippen LogP contribution is 2.20. The van der Waals surface area contributed by atoms with Crippen LogP contribution in [0.4, 0.5) is 5.69 Å². The Balaban J connectivity index is 1.92. The minimum absolute atomic E-state index is 0.101. The van der Waals surface area contributed by atoms with Gasteiger partial charge in [0.25, 0.3) is 5.91 Å². The third-order valence-electron chi connectivity index (χ3n) is 4.32. The number of hydrogen-bond donors (Lipinski definition) is 2. The second-order valence-corrected chi connectivity index (χ2v) is 6.61. The topological polar surface area (TPSA) is 52.6 Å². The molecule has 0 unspecified atom stereocenters. The summed E-state index contributed by atoms with van der Waals surface area (Å²) in [5.41, 5.74) is 1.76. The predicted molar refractivity (Wildman–Crippen MR) is 90.1 cm³/mol. The second-order valence-electron chi connectivity index (χ2n) is 6.61. The van der Waals surface area contributed by atoms with Crippen LogP contribution >= 0.6 is 0 Å². The molecule has 0 aromatic heterocycles. The minimum atomic E-state index is 0.101. The van der Waals surface area contributed by atoms with Crippen LogP contribution < -0.4 is 5.32 Å². The van der Waals surface area contributed by atoms with Crippen molar-refractivity contribution in [3.05, 3.63) is 29.8 Å². The quantitative estimate of drug-likeness (QED) is 0.849. The summed E-state index contributed by atoms with van der Waals surface area (Å²) >= 11 is 0. The van der Waals surface area contributed by atoms with Crippen molar-refractivity contribution < 1.29 is 9.90 Å². The number of aliphatic hydroxyl groups is 1. The molecule has 2 rings (SSSR count). The first-order chi connectivity index (χ1) is 10.6. The first-order valence-electron chi connectivity index (χ1n) is 8.34. The number of piperidine rings is 1. The van der Waals surface area contributed by atoms with Gasteiger partial charge in [0.15, 0.2) is 0 Å². The lowest BCUT2D eigenvalue weighted by molar-refractivity contribution is 0.0651. The van der Waals surface area contributed by atoms with Gasteiger partial charge in [0.2, 0.25) is 0 Å². The summed E-state index contributed by atoms with van der Waals surface area (Å²) in [6.07, 6.45) is 2.91. The maximum Gasteiger partial charge on any atom is 0.253 e. The first-order valence-corrected chi connectivity index (χ1v) is 8.34. The Morgan fingerprint density at radius 2 is 2.09 bits per heavy atom. The Hall–Kier alpha value is -1.55. The van der Waals surface area contributed by atoms with E-state index in [0.717, 1.165) is 50.1 Å². The van der Waals surface area contributed by atoms with Crippen LogP contribution in [0.1, 0.15) is 43.5 Å².